The van der Waals surface area contributed by atoms with Crippen molar-refractivity contribution in [3.8, 4) is 0 Å². The zero-order valence-corrected chi connectivity index (χ0v) is 28.7. The van der Waals surface area contributed by atoms with Gasteiger partial charge in [0.15, 0.2) is 0 Å². The van der Waals surface area contributed by atoms with Crippen molar-refractivity contribution in [1.29, 1.82) is 5.41 Å². The molecule has 2 aliphatic heterocycles. The second-order valence-electron chi connectivity index (χ2n) is 10.7. The third-order valence-electron chi connectivity index (χ3n) is 8.00. The summed E-state index contributed by atoms with van der Waals surface area (Å²) in [5, 5.41) is 13.8. The Hall–Kier alpha value is -2.92. The number of hydrogen-bond donors (Lipinski definition) is 5. The van der Waals surface area contributed by atoms with Gasteiger partial charge in [0, 0.05) is 63.8 Å². The molecule has 0 spiro atoms. The molecule has 2 aromatic rings. The first-order valence-corrected chi connectivity index (χ1v) is 16.6. The van der Waals surface area contributed by atoms with Crippen LogP contribution in [0.5, 0.6) is 0 Å². The number of amides is 2. The summed E-state index contributed by atoms with van der Waals surface area (Å²) in [4.78, 5) is 24.7. The quantitative estimate of drug-likeness (QED) is 0.140. The molecule has 2 aromatic carbocycles. The molecule has 9 nitrogen and oxygen atoms in total. The van der Waals surface area contributed by atoms with Crippen molar-refractivity contribution < 1.29 is 9.59 Å². The van der Waals surface area contributed by atoms with Crippen LogP contribution in [0.25, 0.3) is 0 Å². The van der Waals surface area contributed by atoms with Crippen LogP contribution < -0.4 is 21.7 Å². The van der Waals surface area contributed by atoms with Crippen molar-refractivity contribution in [3.63, 3.8) is 0 Å². The van der Waals surface area contributed by atoms with Gasteiger partial charge in [0.2, 0.25) is 12.3 Å². The maximum absolute atomic E-state index is 11.7. The van der Waals surface area contributed by atoms with Crippen LogP contribution in [-0.4, -0.2) is 81.6 Å². The van der Waals surface area contributed by atoms with Gasteiger partial charge in [-0.05, 0) is 111 Å². The van der Waals surface area contributed by atoms with Gasteiger partial charge in [0.05, 0.1) is 0 Å². The lowest BCUT2D eigenvalue weighted by atomic mass is 9.88. The highest BCUT2D eigenvalue weighted by molar-refractivity contribution is 7.97. The van der Waals surface area contributed by atoms with Crippen LogP contribution in [0.2, 0.25) is 0 Å². The van der Waals surface area contributed by atoms with Gasteiger partial charge < -0.3 is 27.1 Å². The Bertz CT molecular complexity index is 1100. The van der Waals surface area contributed by atoms with E-state index in [0.717, 1.165) is 57.7 Å². The number of benzene rings is 2. The molecule has 0 radical (unpaired) electrons. The molecular formula is C34H57N7O2S. The van der Waals surface area contributed by atoms with Crippen molar-refractivity contribution in [2.45, 2.75) is 82.7 Å². The Labute approximate surface area is 270 Å². The van der Waals surface area contributed by atoms with Gasteiger partial charge in [-0.25, -0.2) is 4.31 Å². The van der Waals surface area contributed by atoms with E-state index in [1.54, 1.807) is 14.1 Å². The predicted molar refractivity (Wildman–Crippen MR) is 188 cm³/mol. The fourth-order valence-corrected chi connectivity index (χ4v) is 6.45. The molecule has 2 saturated heterocycles. The Morgan fingerprint density at radius 2 is 1.66 bits per heavy atom. The largest absolute Gasteiger partial charge is 0.388 e. The summed E-state index contributed by atoms with van der Waals surface area (Å²) in [6.07, 6.45) is 6.46. The van der Waals surface area contributed by atoms with Gasteiger partial charge in [-0.1, -0.05) is 38.1 Å². The average Bonchev–Trinajstić information content (AvgIpc) is 3.08. The number of likely N-dealkylation sites (tertiary alicyclic amines) is 1. The van der Waals surface area contributed by atoms with Gasteiger partial charge >= 0.3 is 0 Å². The predicted octanol–water partition coefficient (Wildman–Crippen LogP) is 5.18. The highest BCUT2D eigenvalue weighted by atomic mass is 32.2. The standard InChI is InChI=1S/C29H43N5OS.C2H5NO.C2H6.CH3N/c1-21-25(5-4-6-28(21)36-34-17-13-26(30)14-18-34)20-33-15-11-22(12-16-33)24-8-7-23(27(19-24)31-2)9-10-29(35)32-3;1-3-2-4;2*1-2/h4-8,19,22,26,31H,9-18,20,30H2,1-3H3,(H,32,35);2H,1H3,(H,3,4);1-2H3;2H,1H2. The molecule has 0 unspecified atom stereocenters. The molecule has 0 atom stereocenters. The molecule has 2 aliphatic rings. The molecule has 10 heteroatoms. The van der Waals surface area contributed by atoms with Crippen molar-refractivity contribution in [3.05, 3.63) is 58.7 Å². The van der Waals surface area contributed by atoms with E-state index in [2.05, 4.69) is 75.2 Å². The number of nitrogens with zero attached hydrogens (tertiary/aromatic N) is 2. The Balaban J connectivity index is 0.00000110. The summed E-state index contributed by atoms with van der Waals surface area (Å²) in [5.74, 6) is 0.680. The third-order valence-corrected chi connectivity index (χ3v) is 9.26. The van der Waals surface area contributed by atoms with Crippen molar-refractivity contribution in [1.82, 2.24) is 19.8 Å². The molecule has 4 rings (SSSR count). The summed E-state index contributed by atoms with van der Waals surface area (Å²) < 4.78 is 2.48. The molecule has 0 bridgehead atoms. The Morgan fingerprint density at radius 3 is 2.23 bits per heavy atom. The first-order valence-electron chi connectivity index (χ1n) is 15.8. The van der Waals surface area contributed by atoms with Gasteiger partial charge in [-0.15, -0.1) is 0 Å². The monoisotopic (exact) mass is 627 g/mol. The molecule has 0 aliphatic carbocycles. The number of aryl methyl sites for hydroxylation is 1. The van der Waals surface area contributed by atoms with Gasteiger partial charge in [0.25, 0.3) is 0 Å². The summed E-state index contributed by atoms with van der Waals surface area (Å²) in [6, 6.07) is 13.9. The Morgan fingerprint density at radius 1 is 1.02 bits per heavy atom. The zero-order valence-electron chi connectivity index (χ0n) is 27.9. The van der Waals surface area contributed by atoms with E-state index >= 15 is 0 Å². The topological polar surface area (TPSA) is 127 Å². The molecule has 2 fully saturated rings. The maximum atomic E-state index is 11.7. The van der Waals surface area contributed by atoms with E-state index in [9.17, 15) is 4.79 Å². The maximum Gasteiger partial charge on any atom is 0.220 e. The van der Waals surface area contributed by atoms with E-state index in [0.29, 0.717) is 24.8 Å². The van der Waals surface area contributed by atoms with E-state index in [-0.39, 0.29) is 5.91 Å². The molecule has 2 heterocycles. The number of carbonyl (C=O) groups excluding carboxylic acids is 2. The van der Waals surface area contributed by atoms with E-state index in [1.165, 1.54) is 40.0 Å². The molecule has 44 heavy (non-hydrogen) atoms. The second kappa shape index (κ2) is 22.6. The lowest BCUT2D eigenvalue weighted by molar-refractivity contribution is -0.120. The molecule has 2 amide bonds. The van der Waals surface area contributed by atoms with Crippen LogP contribution >= 0.6 is 11.9 Å². The minimum atomic E-state index is 0.0871. The first-order chi connectivity index (χ1) is 21.4. The fraction of sp³-hybridized carbons (Fsp3) is 0.559. The van der Waals surface area contributed by atoms with Crippen molar-refractivity contribution in [2.75, 3.05) is 52.6 Å². The third kappa shape index (κ3) is 13.0. The van der Waals surface area contributed by atoms with E-state index < -0.39 is 0 Å². The first kappa shape index (κ1) is 39.1. The minimum Gasteiger partial charge on any atom is -0.388 e. The summed E-state index contributed by atoms with van der Waals surface area (Å²) in [5.41, 5.74) is 12.7. The van der Waals surface area contributed by atoms with Crippen LogP contribution in [0.4, 0.5) is 5.69 Å². The number of piperidine rings is 2. The minimum absolute atomic E-state index is 0.0871. The van der Waals surface area contributed by atoms with E-state index in [4.69, 9.17) is 15.9 Å². The summed E-state index contributed by atoms with van der Waals surface area (Å²) >= 11 is 1.91. The SMILES string of the molecule is C=N.CC.CNC(=O)CCc1ccc(C2CCN(Cc3cccc(SN4CCC(N)CC4)c3C)CC2)cc1NC.CNC=O. The zero-order chi connectivity index (χ0) is 32.9. The number of rotatable bonds is 10. The van der Waals surface area contributed by atoms with Crippen LogP contribution in [-0.2, 0) is 22.6 Å². The van der Waals surface area contributed by atoms with Crippen LogP contribution in [0.1, 0.15) is 74.1 Å². The highest BCUT2D eigenvalue weighted by Gasteiger charge is 2.23. The molecule has 6 N–H and O–H groups in total. The lowest BCUT2D eigenvalue weighted by Crippen LogP contribution is -2.36. The molecule has 246 valence electrons. The smallest absolute Gasteiger partial charge is 0.220 e. The summed E-state index contributed by atoms with van der Waals surface area (Å²) in [6.45, 7) is 14.2. The lowest BCUT2D eigenvalue weighted by Gasteiger charge is -2.33. The molecule has 0 aromatic heterocycles. The number of nitrogens with two attached hydrogens (primary N) is 1. The number of nitrogens with one attached hydrogen (secondary N) is 4. The summed E-state index contributed by atoms with van der Waals surface area (Å²) in [7, 11) is 5.23. The molecular weight excluding hydrogens is 570 g/mol. The fourth-order valence-electron chi connectivity index (χ4n) is 5.37. The van der Waals surface area contributed by atoms with E-state index in [1.807, 2.05) is 32.8 Å². The number of carbonyl (C=O) groups is 2. The average molecular weight is 628 g/mol. The van der Waals surface area contributed by atoms with Crippen LogP contribution in [0.15, 0.2) is 41.3 Å². The number of anilines is 1. The van der Waals surface area contributed by atoms with Gasteiger partial charge in [-0.2, -0.15) is 0 Å². The normalized spacial score (nSPS) is 15.7. The second-order valence-corrected chi connectivity index (χ2v) is 11.8. The van der Waals surface area contributed by atoms with Crippen molar-refractivity contribution >= 4 is 36.7 Å². The molecule has 0 saturated carbocycles. The highest BCUT2D eigenvalue weighted by Crippen LogP contribution is 2.34. The van der Waals surface area contributed by atoms with Crippen LogP contribution in [0.3, 0.4) is 0 Å². The van der Waals surface area contributed by atoms with Crippen molar-refractivity contribution in [2.24, 2.45) is 5.73 Å². The van der Waals surface area contributed by atoms with Crippen LogP contribution in [0, 0.1) is 12.3 Å². The van der Waals surface area contributed by atoms with Gasteiger partial charge in [0.1, 0.15) is 0 Å². The Kier molecular flexibility index (Phi) is 20.1. The van der Waals surface area contributed by atoms with Gasteiger partial charge in [-0.3, -0.25) is 14.5 Å². The number of hydrogen-bond acceptors (Lipinski definition) is 8.